The Balaban J connectivity index is 2.27. The van der Waals surface area contributed by atoms with Gasteiger partial charge in [0.1, 0.15) is 5.82 Å². The number of benzene rings is 2. The Kier molecular flexibility index (Phi) is 3.60. The molecule has 1 aliphatic rings. The Labute approximate surface area is 135 Å². The summed E-state index contributed by atoms with van der Waals surface area (Å²) in [5.74, 6) is -0.613. The molecule has 1 aliphatic carbocycles. The van der Waals surface area contributed by atoms with Crippen molar-refractivity contribution in [2.75, 3.05) is 5.32 Å². The van der Waals surface area contributed by atoms with Crippen LogP contribution in [0, 0.1) is 5.82 Å². The lowest BCUT2D eigenvalue weighted by atomic mass is 10.0. The molecule has 1 amide bonds. The minimum Gasteiger partial charge on any atom is -0.324 e. The largest absolute Gasteiger partial charge is 0.324 e. The molecule has 0 bridgehead atoms. The first-order chi connectivity index (χ1) is 9.90. The molecule has 0 unspecified atom stereocenters. The Morgan fingerprint density at radius 1 is 1.19 bits per heavy atom. The summed E-state index contributed by atoms with van der Waals surface area (Å²) >= 11 is 18.9. The van der Waals surface area contributed by atoms with Gasteiger partial charge < -0.3 is 5.32 Å². The fraction of sp³-hybridized carbons (Fsp3) is 0.133. The molecule has 0 aromatic heterocycles. The fourth-order valence-corrected chi connectivity index (χ4v) is 3.48. The van der Waals surface area contributed by atoms with Gasteiger partial charge in [-0.25, -0.2) is 4.39 Å². The van der Waals surface area contributed by atoms with Crippen molar-refractivity contribution in [3.63, 3.8) is 0 Å². The smallest absolute Gasteiger partial charge is 0.221 e. The summed E-state index contributed by atoms with van der Waals surface area (Å²) in [6.07, 6.45) is 0.449. The Hall–Kier alpha value is -1.29. The summed E-state index contributed by atoms with van der Waals surface area (Å²) in [5, 5.41) is 3.43. The molecule has 3 rings (SSSR count). The van der Waals surface area contributed by atoms with Crippen LogP contribution < -0.4 is 5.32 Å². The monoisotopic (exact) mass is 343 g/mol. The molecular formula is C15H9Cl3FNO. The van der Waals surface area contributed by atoms with E-state index in [9.17, 15) is 9.18 Å². The van der Waals surface area contributed by atoms with E-state index in [0.717, 1.165) is 16.7 Å². The molecule has 0 saturated heterocycles. The topological polar surface area (TPSA) is 29.1 Å². The molecule has 0 spiro atoms. The second-order valence-corrected chi connectivity index (χ2v) is 5.96. The van der Waals surface area contributed by atoms with Crippen LogP contribution >= 0.6 is 34.8 Å². The molecule has 0 saturated carbocycles. The first-order valence-electron chi connectivity index (χ1n) is 6.16. The summed E-state index contributed by atoms with van der Waals surface area (Å²) < 4.78 is 13.4. The van der Waals surface area contributed by atoms with E-state index in [-0.39, 0.29) is 16.7 Å². The van der Waals surface area contributed by atoms with Crippen LogP contribution in [0.5, 0.6) is 0 Å². The van der Waals surface area contributed by atoms with Crippen LogP contribution in [0.3, 0.4) is 0 Å². The molecule has 0 heterocycles. The molecule has 21 heavy (non-hydrogen) atoms. The summed E-state index contributed by atoms with van der Waals surface area (Å²) in [7, 11) is 0. The summed E-state index contributed by atoms with van der Waals surface area (Å²) in [4.78, 5) is 11.3. The zero-order chi connectivity index (χ0) is 15.3. The van der Waals surface area contributed by atoms with Gasteiger partial charge in [-0.1, -0.05) is 40.9 Å². The second-order valence-electron chi connectivity index (χ2n) is 4.83. The van der Waals surface area contributed by atoms with Gasteiger partial charge >= 0.3 is 0 Å². The van der Waals surface area contributed by atoms with E-state index in [4.69, 9.17) is 34.8 Å². The number of amides is 1. The summed E-state index contributed by atoms with van der Waals surface area (Å²) in [5.41, 5.74) is 3.36. The van der Waals surface area contributed by atoms with Crippen molar-refractivity contribution in [2.45, 2.75) is 13.3 Å². The normalized spacial score (nSPS) is 12.0. The van der Waals surface area contributed by atoms with E-state index < -0.39 is 0 Å². The highest BCUT2D eigenvalue weighted by atomic mass is 35.5. The van der Waals surface area contributed by atoms with E-state index in [2.05, 4.69) is 5.32 Å². The molecule has 0 atom stereocenters. The van der Waals surface area contributed by atoms with Gasteiger partial charge in [-0.3, -0.25) is 4.79 Å². The van der Waals surface area contributed by atoms with Crippen molar-refractivity contribution in [2.24, 2.45) is 0 Å². The van der Waals surface area contributed by atoms with Gasteiger partial charge in [-0.15, -0.1) is 0 Å². The molecule has 108 valence electrons. The maximum absolute atomic E-state index is 13.4. The third kappa shape index (κ3) is 2.30. The van der Waals surface area contributed by atoms with Crippen LogP contribution in [0.2, 0.25) is 15.1 Å². The molecule has 2 nitrogen and oxygen atoms in total. The average Bonchev–Trinajstić information content (AvgIpc) is 2.79. The minimum atomic E-state index is -0.318. The third-order valence-corrected chi connectivity index (χ3v) is 4.69. The second kappa shape index (κ2) is 5.16. The first-order valence-corrected chi connectivity index (χ1v) is 7.29. The number of carbonyl (C=O) groups is 1. The zero-order valence-corrected chi connectivity index (χ0v) is 13.1. The molecule has 6 heteroatoms. The van der Waals surface area contributed by atoms with Crippen LogP contribution in [-0.4, -0.2) is 5.91 Å². The van der Waals surface area contributed by atoms with Gasteiger partial charge in [0.2, 0.25) is 5.91 Å². The number of halogens is 4. The number of anilines is 1. The Morgan fingerprint density at radius 3 is 2.57 bits per heavy atom. The highest BCUT2D eigenvalue weighted by Crippen LogP contribution is 2.51. The summed E-state index contributed by atoms with van der Waals surface area (Å²) in [6.45, 7) is 1.36. The molecule has 1 N–H and O–H groups in total. The number of hydrogen-bond donors (Lipinski definition) is 1. The molecule has 2 aromatic carbocycles. The van der Waals surface area contributed by atoms with Gasteiger partial charge in [-0.05, 0) is 28.8 Å². The van der Waals surface area contributed by atoms with Crippen molar-refractivity contribution in [3.8, 4) is 11.1 Å². The van der Waals surface area contributed by atoms with Crippen molar-refractivity contribution < 1.29 is 9.18 Å². The molecule has 0 fully saturated rings. The van der Waals surface area contributed by atoms with Gasteiger partial charge in [0.05, 0.1) is 20.8 Å². The predicted molar refractivity (Wildman–Crippen MR) is 84.0 cm³/mol. The number of rotatable bonds is 1. The molecular weight excluding hydrogens is 336 g/mol. The van der Waals surface area contributed by atoms with E-state index in [1.165, 1.54) is 19.1 Å². The highest BCUT2D eigenvalue weighted by Gasteiger charge is 2.29. The van der Waals surface area contributed by atoms with Gasteiger partial charge in [0.15, 0.2) is 0 Å². The number of nitrogens with one attached hydrogen (secondary N) is 1. The minimum absolute atomic E-state index is 0.188. The molecule has 0 radical (unpaired) electrons. The summed E-state index contributed by atoms with van der Waals surface area (Å²) in [6, 6.07) is 4.48. The highest BCUT2D eigenvalue weighted by molar-refractivity contribution is 6.48. The van der Waals surface area contributed by atoms with Crippen molar-refractivity contribution in [3.05, 3.63) is 50.2 Å². The van der Waals surface area contributed by atoms with E-state index in [0.29, 0.717) is 27.7 Å². The van der Waals surface area contributed by atoms with E-state index in [1.807, 2.05) is 0 Å². The number of carbonyl (C=O) groups excluding carboxylic acids is 1. The quantitative estimate of drug-likeness (QED) is 0.595. The Morgan fingerprint density at radius 2 is 1.90 bits per heavy atom. The van der Waals surface area contributed by atoms with Crippen molar-refractivity contribution in [1.82, 2.24) is 0 Å². The predicted octanol–water partition coefficient (Wildman–Crippen LogP) is 5.32. The van der Waals surface area contributed by atoms with Crippen LogP contribution in [0.1, 0.15) is 18.1 Å². The number of fused-ring (bicyclic) bond motifs is 3. The van der Waals surface area contributed by atoms with E-state index >= 15 is 0 Å². The number of hydrogen-bond acceptors (Lipinski definition) is 1. The first kappa shape index (κ1) is 14.6. The standard InChI is InChI=1S/C15H9Cl3FNO/c1-6(21)20-15-12(16)10-5-7-4-8(19)2-3-9(7)11(10)13(17)14(15)18/h2-4H,5H2,1H3,(H,20,21). The van der Waals surface area contributed by atoms with Gasteiger partial charge in [-0.2, -0.15) is 0 Å². The lowest BCUT2D eigenvalue weighted by Gasteiger charge is -2.14. The van der Waals surface area contributed by atoms with E-state index in [1.54, 1.807) is 6.07 Å². The van der Waals surface area contributed by atoms with Gasteiger partial charge in [0.25, 0.3) is 0 Å². The zero-order valence-electron chi connectivity index (χ0n) is 10.9. The molecule has 0 aliphatic heterocycles. The van der Waals surface area contributed by atoms with Crippen LogP contribution in [0.15, 0.2) is 18.2 Å². The fourth-order valence-electron chi connectivity index (χ4n) is 2.58. The SMILES string of the molecule is CC(=O)Nc1c(Cl)c(Cl)c2c(c1Cl)Cc1cc(F)ccc1-2. The lowest BCUT2D eigenvalue weighted by molar-refractivity contribution is -0.114. The van der Waals surface area contributed by atoms with Crippen molar-refractivity contribution in [1.29, 1.82) is 0 Å². The van der Waals surface area contributed by atoms with Crippen molar-refractivity contribution >= 4 is 46.4 Å². The third-order valence-electron chi connectivity index (χ3n) is 3.42. The maximum Gasteiger partial charge on any atom is 0.221 e. The molecule has 2 aromatic rings. The average molecular weight is 345 g/mol. The Bertz CT molecular complexity index is 789. The van der Waals surface area contributed by atoms with Crippen LogP contribution in [0.4, 0.5) is 10.1 Å². The lowest BCUT2D eigenvalue weighted by Crippen LogP contribution is -2.08. The van der Waals surface area contributed by atoms with Gasteiger partial charge in [0, 0.05) is 18.9 Å². The van der Waals surface area contributed by atoms with Crippen LogP contribution in [0.25, 0.3) is 11.1 Å². The maximum atomic E-state index is 13.4. The van der Waals surface area contributed by atoms with Crippen LogP contribution in [-0.2, 0) is 11.2 Å².